The van der Waals surface area contributed by atoms with E-state index in [0.717, 1.165) is 0 Å². The molecular formula is C4H7NO2. The fourth-order valence-corrected chi connectivity index (χ4v) is 0.0676. The van der Waals surface area contributed by atoms with E-state index in [1.54, 1.807) is 0 Å². The summed E-state index contributed by atoms with van der Waals surface area (Å²) in [6.45, 7) is 0. The van der Waals surface area contributed by atoms with Crippen LogP contribution in [0.15, 0.2) is 0 Å². The van der Waals surface area contributed by atoms with E-state index in [1.165, 1.54) is 6.07 Å². The van der Waals surface area contributed by atoms with Crippen molar-refractivity contribution in [3.63, 3.8) is 0 Å². The molecule has 0 aromatic carbocycles. The van der Waals surface area contributed by atoms with Gasteiger partial charge in [0.05, 0.1) is 6.07 Å². The van der Waals surface area contributed by atoms with Gasteiger partial charge < -0.3 is 5.11 Å². The van der Waals surface area contributed by atoms with Crippen LogP contribution >= 0.6 is 0 Å². The summed E-state index contributed by atoms with van der Waals surface area (Å²) in [6, 6.07) is 1.47. The molecule has 0 fully saturated rings. The SMILES string of the molecule is C.N#CCC(=O)O. The topological polar surface area (TPSA) is 61.1 Å². The Bertz CT molecular complexity index is 92.4. The van der Waals surface area contributed by atoms with Gasteiger partial charge in [-0.3, -0.25) is 4.79 Å². The quantitative estimate of drug-likeness (QED) is 0.526. The Morgan fingerprint density at radius 2 is 2.29 bits per heavy atom. The second-order valence-corrected chi connectivity index (χ2v) is 0.729. The number of nitriles is 1. The Morgan fingerprint density at radius 3 is 2.29 bits per heavy atom. The highest BCUT2D eigenvalue weighted by molar-refractivity contribution is 5.69. The highest BCUT2D eigenvalue weighted by atomic mass is 16.4. The molecule has 1 N–H and O–H groups in total. The van der Waals surface area contributed by atoms with Gasteiger partial charge in [0, 0.05) is 0 Å². The van der Waals surface area contributed by atoms with Crippen molar-refractivity contribution >= 4 is 5.97 Å². The number of rotatable bonds is 1. The van der Waals surface area contributed by atoms with Crippen LogP contribution in [0, 0.1) is 11.3 Å². The van der Waals surface area contributed by atoms with Crippen LogP contribution in [0.3, 0.4) is 0 Å². The van der Waals surface area contributed by atoms with Crippen molar-refractivity contribution in [2.45, 2.75) is 13.8 Å². The molecule has 0 heterocycles. The van der Waals surface area contributed by atoms with Gasteiger partial charge >= 0.3 is 5.97 Å². The van der Waals surface area contributed by atoms with E-state index in [0.29, 0.717) is 0 Å². The summed E-state index contributed by atoms with van der Waals surface area (Å²) in [5.74, 6) is -1.07. The van der Waals surface area contributed by atoms with E-state index in [9.17, 15) is 4.79 Å². The summed E-state index contributed by atoms with van der Waals surface area (Å²) >= 11 is 0. The fraction of sp³-hybridized carbons (Fsp3) is 0.500. The van der Waals surface area contributed by atoms with Crippen LogP contribution in [0.1, 0.15) is 13.8 Å². The second-order valence-electron chi connectivity index (χ2n) is 0.729. The molecule has 0 rings (SSSR count). The minimum absolute atomic E-state index is 0. The normalized spacial score (nSPS) is 5.57. The number of carbonyl (C=O) groups is 1. The van der Waals surface area contributed by atoms with Gasteiger partial charge in [0.15, 0.2) is 0 Å². The van der Waals surface area contributed by atoms with Crippen LogP contribution in [0.2, 0.25) is 0 Å². The molecule has 0 amide bonds. The molecule has 0 aliphatic heterocycles. The third-order valence-corrected chi connectivity index (χ3v) is 0.230. The Labute approximate surface area is 42.2 Å². The molecule has 0 atom stereocenters. The number of nitrogens with zero attached hydrogens (tertiary/aromatic N) is 1. The van der Waals surface area contributed by atoms with Gasteiger partial charge in [-0.15, -0.1) is 0 Å². The summed E-state index contributed by atoms with van der Waals surface area (Å²) in [5.41, 5.74) is 0. The van der Waals surface area contributed by atoms with Crippen LogP contribution in [-0.2, 0) is 4.79 Å². The Balaban J connectivity index is 0. The first-order chi connectivity index (χ1) is 2.77. The first-order valence-corrected chi connectivity index (χ1v) is 1.36. The van der Waals surface area contributed by atoms with E-state index < -0.39 is 12.4 Å². The highest BCUT2D eigenvalue weighted by Gasteiger charge is 1.87. The van der Waals surface area contributed by atoms with Gasteiger partial charge in [0.1, 0.15) is 6.42 Å². The van der Waals surface area contributed by atoms with Crippen molar-refractivity contribution in [1.82, 2.24) is 0 Å². The zero-order valence-electron chi connectivity index (χ0n) is 3.01. The van der Waals surface area contributed by atoms with Crippen LogP contribution in [-0.4, -0.2) is 11.1 Å². The van der Waals surface area contributed by atoms with Crippen LogP contribution < -0.4 is 0 Å². The maximum Gasteiger partial charge on any atom is 0.317 e. The Hall–Kier alpha value is -1.04. The van der Waals surface area contributed by atoms with Gasteiger partial charge in [-0.1, -0.05) is 7.43 Å². The molecule has 0 aliphatic rings. The lowest BCUT2D eigenvalue weighted by molar-refractivity contribution is -0.135. The molecule has 0 aromatic rings. The third-order valence-electron chi connectivity index (χ3n) is 0.230. The standard InChI is InChI=1S/C3H3NO2.CH4/c4-2-1-3(5)6;/h1H2,(H,5,6);1H4. The molecule has 0 spiro atoms. The molecule has 0 saturated heterocycles. The zero-order chi connectivity index (χ0) is 4.99. The molecule has 0 saturated carbocycles. The Kier molecular flexibility index (Phi) is 6.63. The molecule has 0 unspecified atom stereocenters. The van der Waals surface area contributed by atoms with Crippen molar-refractivity contribution in [2.24, 2.45) is 0 Å². The monoisotopic (exact) mass is 101 g/mol. The van der Waals surface area contributed by atoms with Crippen molar-refractivity contribution in [3.05, 3.63) is 0 Å². The van der Waals surface area contributed by atoms with E-state index >= 15 is 0 Å². The predicted octanol–water partition coefficient (Wildman–Crippen LogP) is 0.621. The molecule has 7 heavy (non-hydrogen) atoms. The summed E-state index contributed by atoms with van der Waals surface area (Å²) in [4.78, 5) is 9.38. The summed E-state index contributed by atoms with van der Waals surface area (Å²) in [7, 11) is 0. The lowest BCUT2D eigenvalue weighted by Gasteiger charge is -1.70. The van der Waals surface area contributed by atoms with Crippen LogP contribution in [0.5, 0.6) is 0 Å². The van der Waals surface area contributed by atoms with Gasteiger partial charge in [-0.05, 0) is 0 Å². The third kappa shape index (κ3) is 11.3. The number of hydrogen-bond donors (Lipinski definition) is 1. The average Bonchev–Trinajstić information content (AvgIpc) is 1.35. The Morgan fingerprint density at radius 1 is 1.86 bits per heavy atom. The van der Waals surface area contributed by atoms with Crippen molar-refractivity contribution < 1.29 is 9.90 Å². The lowest BCUT2D eigenvalue weighted by Crippen LogP contribution is -1.88. The number of carboxylic acids is 1. The first kappa shape index (κ1) is 9.35. The lowest BCUT2D eigenvalue weighted by atomic mass is 10.5. The fourth-order valence-electron chi connectivity index (χ4n) is 0.0676. The second kappa shape index (κ2) is 4.96. The molecule has 0 aliphatic carbocycles. The highest BCUT2D eigenvalue weighted by Crippen LogP contribution is 1.68. The van der Waals surface area contributed by atoms with Gasteiger partial charge in [0.25, 0.3) is 0 Å². The largest absolute Gasteiger partial charge is 0.480 e. The molecule has 3 heteroatoms. The molecule has 0 radical (unpaired) electrons. The molecule has 40 valence electrons. The summed E-state index contributed by atoms with van der Waals surface area (Å²) in [5, 5.41) is 15.3. The molecule has 3 nitrogen and oxygen atoms in total. The molecule has 0 aromatic heterocycles. The number of hydrogen-bond acceptors (Lipinski definition) is 2. The number of aliphatic carboxylic acids is 1. The predicted molar refractivity (Wildman–Crippen MR) is 24.6 cm³/mol. The molecular weight excluding hydrogens is 94.0 g/mol. The van der Waals surface area contributed by atoms with E-state index in [1.807, 2.05) is 0 Å². The van der Waals surface area contributed by atoms with E-state index in [2.05, 4.69) is 0 Å². The summed E-state index contributed by atoms with van der Waals surface area (Å²) in [6.07, 6.45) is -0.403. The average molecular weight is 101 g/mol. The van der Waals surface area contributed by atoms with E-state index in [4.69, 9.17) is 10.4 Å². The maximum atomic E-state index is 9.38. The first-order valence-electron chi connectivity index (χ1n) is 1.36. The smallest absolute Gasteiger partial charge is 0.317 e. The van der Waals surface area contributed by atoms with Crippen molar-refractivity contribution in [2.75, 3.05) is 0 Å². The van der Waals surface area contributed by atoms with Gasteiger partial charge in [-0.25, -0.2) is 0 Å². The van der Waals surface area contributed by atoms with Gasteiger partial charge in [-0.2, -0.15) is 5.26 Å². The minimum Gasteiger partial charge on any atom is -0.480 e. The van der Waals surface area contributed by atoms with Crippen molar-refractivity contribution in [1.29, 1.82) is 5.26 Å². The summed E-state index contributed by atoms with van der Waals surface area (Å²) < 4.78 is 0. The maximum absolute atomic E-state index is 9.38. The molecule has 0 bridgehead atoms. The zero-order valence-corrected chi connectivity index (χ0v) is 3.01. The van der Waals surface area contributed by atoms with Crippen LogP contribution in [0.25, 0.3) is 0 Å². The number of carboxylic acid groups (broad SMARTS) is 1. The van der Waals surface area contributed by atoms with Crippen molar-refractivity contribution in [3.8, 4) is 6.07 Å². The van der Waals surface area contributed by atoms with Crippen LogP contribution in [0.4, 0.5) is 0 Å². The van der Waals surface area contributed by atoms with E-state index in [-0.39, 0.29) is 7.43 Å². The van der Waals surface area contributed by atoms with Gasteiger partial charge in [0.2, 0.25) is 0 Å². The minimum atomic E-state index is -1.07.